The molecule has 2 radical (unpaired) electrons. The van der Waals surface area contributed by atoms with Crippen LogP contribution in [0, 0.1) is 32.9 Å². The van der Waals surface area contributed by atoms with Crippen LogP contribution in [0.2, 0.25) is 0 Å². The third-order valence-electron chi connectivity index (χ3n) is 7.49. The molecule has 2 aromatic carbocycles. The first-order valence-electron chi connectivity index (χ1n) is 14.1. The smallest absolute Gasteiger partial charge is 0.263 e. The minimum atomic E-state index is -3.78. The first-order valence-corrected chi connectivity index (χ1v) is 16.8. The Morgan fingerprint density at radius 3 is 2.33 bits per heavy atom. The van der Waals surface area contributed by atoms with Crippen LogP contribution in [0.3, 0.4) is 0 Å². The summed E-state index contributed by atoms with van der Waals surface area (Å²) in [6, 6.07) is 13.3. The van der Waals surface area contributed by atoms with Crippen LogP contribution < -0.4 is 14.9 Å². The summed E-state index contributed by atoms with van der Waals surface area (Å²) >= 11 is 6.94. The monoisotopic (exact) mass is 823 g/mol. The molecule has 16 heteroatoms. The van der Waals surface area contributed by atoms with Crippen molar-refractivity contribution in [3.05, 3.63) is 70.6 Å². The molecule has 0 aliphatic carbocycles. The number of aromatic nitrogens is 5. The van der Waals surface area contributed by atoms with E-state index in [2.05, 4.69) is 66.0 Å². The number of sulfonamides is 1. The average molecular weight is 824 g/mol. The second-order valence-corrected chi connectivity index (χ2v) is 13.6. The van der Waals surface area contributed by atoms with Gasteiger partial charge in [0, 0.05) is 103 Å². The predicted octanol–water partition coefficient (Wildman–Crippen LogP) is 4.88. The van der Waals surface area contributed by atoms with Gasteiger partial charge in [-0.1, -0.05) is 44.6 Å². The Bertz CT molecular complexity index is 1930. The molecule has 1 aliphatic rings. The molecule has 0 atom stereocenters. The summed E-state index contributed by atoms with van der Waals surface area (Å²) in [4.78, 5) is 17.0. The van der Waals surface area contributed by atoms with Crippen molar-refractivity contribution in [1.82, 2.24) is 30.0 Å². The van der Waals surface area contributed by atoms with Gasteiger partial charge in [0.2, 0.25) is 5.13 Å². The molecule has 1 saturated heterocycles. The Morgan fingerprint density at radius 1 is 1.02 bits per heavy atom. The van der Waals surface area contributed by atoms with E-state index in [4.69, 9.17) is 17.2 Å². The third-order valence-corrected chi connectivity index (χ3v) is 10.3. The van der Waals surface area contributed by atoms with Crippen molar-refractivity contribution in [1.29, 1.82) is 0 Å². The molecule has 3 N–H and O–H groups in total. The second kappa shape index (κ2) is 15.5. The maximum Gasteiger partial charge on any atom is 0.263 e. The van der Waals surface area contributed by atoms with E-state index in [0.717, 1.165) is 62.8 Å². The van der Waals surface area contributed by atoms with E-state index >= 15 is 0 Å². The summed E-state index contributed by atoms with van der Waals surface area (Å²) in [7, 11) is -3.78. The van der Waals surface area contributed by atoms with Gasteiger partial charge in [-0.2, -0.15) is 0 Å². The molecule has 11 nitrogen and oxygen atoms in total. The quantitative estimate of drug-likeness (QED) is 0.154. The van der Waals surface area contributed by atoms with E-state index in [-0.39, 0.29) is 75.4 Å². The van der Waals surface area contributed by atoms with E-state index in [1.54, 1.807) is 18.5 Å². The maximum atomic E-state index is 12.8. The zero-order valence-electron chi connectivity index (χ0n) is 25.9. The van der Waals surface area contributed by atoms with Crippen LogP contribution in [-0.2, 0) is 81.9 Å². The van der Waals surface area contributed by atoms with E-state index in [1.807, 2.05) is 20.0 Å². The molecular formula is C30H31N9O2S3Y2-2. The number of anilines is 3. The fourth-order valence-electron chi connectivity index (χ4n) is 5.44. The Hall–Kier alpha value is -1.93. The fourth-order valence-corrected chi connectivity index (χ4v) is 7.65. The molecule has 0 amide bonds. The van der Waals surface area contributed by atoms with Crippen molar-refractivity contribution >= 4 is 66.4 Å². The molecule has 234 valence electrons. The van der Waals surface area contributed by atoms with Gasteiger partial charge in [-0.15, -0.1) is 10.2 Å². The summed E-state index contributed by atoms with van der Waals surface area (Å²) in [6.45, 7) is 10.9. The molecule has 1 fully saturated rings. The number of aromatic amines is 1. The number of hydrogen-bond donors (Lipinski definition) is 3. The number of fused-ring (bicyclic) bond motifs is 1. The van der Waals surface area contributed by atoms with Crippen molar-refractivity contribution in [2.24, 2.45) is 0 Å². The fraction of sp³-hybridized carbons (Fsp3) is 0.300. The van der Waals surface area contributed by atoms with Crippen LogP contribution in [0.15, 0.2) is 41.7 Å². The van der Waals surface area contributed by atoms with Gasteiger partial charge < -0.3 is 32.2 Å². The van der Waals surface area contributed by atoms with E-state index in [0.29, 0.717) is 30.3 Å². The number of benzene rings is 2. The first kappa shape index (κ1) is 36.9. The van der Waals surface area contributed by atoms with Crippen molar-refractivity contribution in [3.63, 3.8) is 0 Å². The number of aryl methyl sites for hydroxylation is 4. The Labute approximate surface area is 328 Å². The maximum absolute atomic E-state index is 12.8. The van der Waals surface area contributed by atoms with E-state index in [9.17, 15) is 8.42 Å². The number of thiocarbonyl (C=S) groups is 1. The summed E-state index contributed by atoms with van der Waals surface area (Å²) < 4.78 is 28.1. The Balaban J connectivity index is 0.00000240. The van der Waals surface area contributed by atoms with Crippen molar-refractivity contribution in [2.75, 3.05) is 41.1 Å². The van der Waals surface area contributed by atoms with E-state index in [1.165, 1.54) is 23.5 Å². The second-order valence-electron chi connectivity index (χ2n) is 10.5. The number of hydrogen-bond acceptors (Lipinski definition) is 9. The molecule has 0 saturated carbocycles. The van der Waals surface area contributed by atoms with Gasteiger partial charge in [0.15, 0.2) is 5.11 Å². The van der Waals surface area contributed by atoms with Crippen LogP contribution in [-0.4, -0.2) is 69.8 Å². The standard InChI is InChI=1S/C30H31N9O2S3.2Y/c1-5-24-35-36-29(43-24)37-44(40,41)22-8-6-21(7-9-22)34-30(42)39-12-10-38(11-13-39)28-26-23(16-31-27(26)32-17-33-28)25-19(3)14-18(2)15-20(25)4;;/h6-9,16-17H,5,10-13H2,1-4H3,(H,34,42)(H,36,37)(H,31,32,33);;/q-2;;. The first-order chi connectivity index (χ1) is 21.1. The third kappa shape index (κ3) is 7.85. The zero-order chi connectivity index (χ0) is 31.0. The van der Waals surface area contributed by atoms with Gasteiger partial charge in [0.25, 0.3) is 10.0 Å². The number of nitrogens with zero attached hydrogens (tertiary/aromatic N) is 6. The van der Waals surface area contributed by atoms with Gasteiger partial charge >= 0.3 is 0 Å². The normalized spacial score (nSPS) is 13.2. The minimum absolute atomic E-state index is 0. The Morgan fingerprint density at radius 2 is 1.70 bits per heavy atom. The van der Waals surface area contributed by atoms with Crippen molar-refractivity contribution in [3.8, 4) is 11.1 Å². The summed E-state index contributed by atoms with van der Waals surface area (Å²) in [6.07, 6.45) is 4.28. The SMILES string of the molecule is CCc1nnc(NS(=O)(=O)c2ccc(NC(=S)N3CCN(c4ncnc5[nH]cc(-c6c(C)[c-]c(C)[c-]c6C)c45)CC3)cc2)s1.[Y].[Y]. The van der Waals surface area contributed by atoms with Gasteiger partial charge in [-0.3, -0.25) is 21.4 Å². The number of nitrogens with one attached hydrogen (secondary N) is 3. The largest absolute Gasteiger partial charge is 0.352 e. The van der Waals surface area contributed by atoms with Crippen LogP contribution in [0.5, 0.6) is 0 Å². The molecule has 4 heterocycles. The summed E-state index contributed by atoms with van der Waals surface area (Å²) in [5, 5.41) is 13.7. The molecule has 46 heavy (non-hydrogen) atoms. The average Bonchev–Trinajstić information content (AvgIpc) is 3.64. The molecule has 1 aliphatic heterocycles. The summed E-state index contributed by atoms with van der Waals surface area (Å²) in [5.74, 6) is 0.883. The molecule has 0 spiro atoms. The predicted molar refractivity (Wildman–Crippen MR) is 178 cm³/mol. The van der Waals surface area contributed by atoms with Crippen LogP contribution in [0.4, 0.5) is 16.6 Å². The molecule has 5 aromatic rings. The minimum Gasteiger partial charge on any atom is -0.352 e. The number of rotatable bonds is 7. The number of piperazine rings is 1. The Kier molecular flexibility index (Phi) is 12.5. The molecule has 6 rings (SSSR count). The summed E-state index contributed by atoms with van der Waals surface area (Å²) in [5.41, 5.74) is 6.77. The molecular weight excluding hydrogens is 792 g/mol. The van der Waals surface area contributed by atoms with Crippen molar-refractivity contribution in [2.45, 2.75) is 39.0 Å². The van der Waals surface area contributed by atoms with Gasteiger partial charge in [-0.25, -0.2) is 23.9 Å². The van der Waals surface area contributed by atoms with E-state index < -0.39 is 10.0 Å². The molecule has 0 unspecified atom stereocenters. The van der Waals surface area contributed by atoms with Crippen LogP contribution >= 0.6 is 23.6 Å². The van der Waals surface area contributed by atoms with Gasteiger partial charge in [0.1, 0.15) is 22.8 Å². The zero-order valence-corrected chi connectivity index (χ0v) is 34.0. The van der Waals surface area contributed by atoms with Gasteiger partial charge in [0.05, 0.1) is 4.90 Å². The van der Waals surface area contributed by atoms with Gasteiger partial charge in [-0.05, 0) is 49.1 Å². The molecule has 3 aromatic heterocycles. The van der Waals surface area contributed by atoms with Crippen LogP contribution in [0.1, 0.15) is 28.6 Å². The van der Waals surface area contributed by atoms with Crippen molar-refractivity contribution < 1.29 is 73.8 Å². The van der Waals surface area contributed by atoms with Crippen LogP contribution in [0.25, 0.3) is 22.2 Å². The number of H-pyrrole nitrogens is 1. The topological polar surface area (TPSA) is 132 Å². The molecule has 0 bridgehead atoms.